The zero-order valence-electron chi connectivity index (χ0n) is 7.90. The highest BCUT2D eigenvalue weighted by atomic mass is 14.2. The molecule has 1 nitrogen and oxygen atoms in total. The Morgan fingerprint density at radius 2 is 2.08 bits per heavy atom. The van der Waals surface area contributed by atoms with Gasteiger partial charge in [-0.3, -0.25) is 0 Å². The summed E-state index contributed by atoms with van der Waals surface area (Å²) in [6.45, 7) is 2.23. The van der Waals surface area contributed by atoms with E-state index in [9.17, 15) is 0 Å². The Morgan fingerprint density at radius 3 is 2.67 bits per heavy atom. The first-order valence-corrected chi connectivity index (χ1v) is 4.89. The smallest absolute Gasteiger partial charge is 0.0621 e. The number of allylic oxidation sites excluding steroid dienone is 2. The van der Waals surface area contributed by atoms with Gasteiger partial charge < -0.3 is 0 Å². The Morgan fingerprint density at radius 1 is 1.42 bits per heavy atom. The molecule has 0 N–H and O–H groups in total. The second kappa shape index (κ2) is 4.98. The van der Waals surface area contributed by atoms with E-state index in [-0.39, 0.29) is 0 Å². The van der Waals surface area contributed by atoms with Crippen molar-refractivity contribution in [1.29, 1.82) is 5.26 Å². The molecule has 0 saturated heterocycles. The summed E-state index contributed by atoms with van der Waals surface area (Å²) < 4.78 is 0. The molecule has 1 aliphatic carbocycles. The van der Waals surface area contributed by atoms with Crippen molar-refractivity contribution in [1.82, 2.24) is 0 Å². The molecule has 0 aliphatic heterocycles. The molecule has 1 rings (SSSR count). The molecule has 66 valence electrons. The van der Waals surface area contributed by atoms with Gasteiger partial charge in [0.25, 0.3) is 0 Å². The first-order chi connectivity index (χ1) is 5.84. The average molecular weight is 163 g/mol. The Bertz CT molecular complexity index is 200. The summed E-state index contributed by atoms with van der Waals surface area (Å²) in [5, 5.41) is 8.38. The summed E-state index contributed by atoms with van der Waals surface area (Å²) in [6.07, 6.45) is 8.30. The van der Waals surface area contributed by atoms with Gasteiger partial charge >= 0.3 is 0 Å². The second-order valence-electron chi connectivity index (χ2n) is 3.60. The van der Waals surface area contributed by atoms with E-state index in [0.29, 0.717) is 6.42 Å². The molecule has 0 heterocycles. The highest BCUT2D eigenvalue weighted by Crippen LogP contribution is 2.28. The Labute approximate surface area is 75.1 Å². The van der Waals surface area contributed by atoms with Crippen molar-refractivity contribution in [2.45, 2.75) is 51.9 Å². The summed E-state index contributed by atoms with van der Waals surface area (Å²) in [5.74, 6) is 0. The molecule has 0 bridgehead atoms. The van der Waals surface area contributed by atoms with Crippen LogP contribution in [0.5, 0.6) is 0 Å². The van der Waals surface area contributed by atoms with Crippen molar-refractivity contribution in [3.63, 3.8) is 0 Å². The van der Waals surface area contributed by atoms with Crippen LogP contribution in [0.2, 0.25) is 0 Å². The minimum absolute atomic E-state index is 0.713. The number of unbranched alkanes of at least 4 members (excludes halogenated alkanes) is 1. The van der Waals surface area contributed by atoms with Crippen LogP contribution in [0.25, 0.3) is 0 Å². The van der Waals surface area contributed by atoms with E-state index in [1.165, 1.54) is 25.7 Å². The second-order valence-corrected chi connectivity index (χ2v) is 3.60. The predicted octanol–water partition coefficient (Wildman–Crippen LogP) is 3.57. The van der Waals surface area contributed by atoms with Gasteiger partial charge in [0.15, 0.2) is 0 Å². The fraction of sp³-hybridized carbons (Fsp3) is 0.727. The van der Waals surface area contributed by atoms with Crippen LogP contribution in [0.1, 0.15) is 51.9 Å². The molecule has 0 aromatic heterocycles. The molecule has 0 amide bonds. The van der Waals surface area contributed by atoms with E-state index >= 15 is 0 Å². The molecule has 1 aliphatic rings. The molecular weight excluding hydrogens is 146 g/mol. The number of hydrogen-bond acceptors (Lipinski definition) is 1. The third kappa shape index (κ3) is 2.70. The molecule has 0 aromatic rings. The van der Waals surface area contributed by atoms with E-state index in [1.807, 2.05) is 0 Å². The summed E-state index contributed by atoms with van der Waals surface area (Å²) in [6, 6.07) is 2.19. The zero-order valence-corrected chi connectivity index (χ0v) is 7.90. The molecule has 12 heavy (non-hydrogen) atoms. The van der Waals surface area contributed by atoms with Gasteiger partial charge in [-0.05, 0) is 45.4 Å². The van der Waals surface area contributed by atoms with Crippen molar-refractivity contribution in [3.8, 4) is 6.07 Å². The van der Waals surface area contributed by atoms with Gasteiger partial charge in [-0.1, -0.05) is 11.1 Å². The summed E-state index contributed by atoms with van der Waals surface area (Å²) in [7, 11) is 0. The average Bonchev–Trinajstić information content (AvgIpc) is 2.56. The summed E-state index contributed by atoms with van der Waals surface area (Å²) in [4.78, 5) is 0. The molecule has 1 fully saturated rings. The molecule has 0 atom stereocenters. The van der Waals surface area contributed by atoms with Crippen LogP contribution in [0, 0.1) is 11.3 Å². The van der Waals surface area contributed by atoms with Gasteiger partial charge in [0, 0.05) is 6.42 Å². The van der Waals surface area contributed by atoms with E-state index in [0.717, 1.165) is 12.8 Å². The summed E-state index contributed by atoms with van der Waals surface area (Å²) >= 11 is 0. The zero-order chi connectivity index (χ0) is 8.81. The summed E-state index contributed by atoms with van der Waals surface area (Å²) in [5.41, 5.74) is 3.23. The molecule has 0 aromatic carbocycles. The van der Waals surface area contributed by atoms with Gasteiger partial charge in [0.1, 0.15) is 0 Å². The van der Waals surface area contributed by atoms with Gasteiger partial charge in [0.2, 0.25) is 0 Å². The topological polar surface area (TPSA) is 23.8 Å². The SMILES string of the molecule is CC(CCCC#N)=C1CCCC1. The maximum atomic E-state index is 8.38. The van der Waals surface area contributed by atoms with E-state index in [4.69, 9.17) is 5.26 Å². The van der Waals surface area contributed by atoms with Crippen LogP contribution in [-0.4, -0.2) is 0 Å². The Hall–Kier alpha value is -0.770. The van der Waals surface area contributed by atoms with Gasteiger partial charge in [-0.2, -0.15) is 5.26 Å². The fourth-order valence-electron chi connectivity index (χ4n) is 1.84. The standard InChI is InChI=1S/C11H17N/c1-10(6-4-5-9-12)11-7-2-3-8-11/h2-8H2,1H3. The highest BCUT2D eigenvalue weighted by molar-refractivity contribution is 5.14. The maximum absolute atomic E-state index is 8.38. The van der Waals surface area contributed by atoms with Crippen LogP contribution in [0.3, 0.4) is 0 Å². The van der Waals surface area contributed by atoms with Crippen molar-refractivity contribution in [2.24, 2.45) is 0 Å². The van der Waals surface area contributed by atoms with Crippen molar-refractivity contribution in [2.75, 3.05) is 0 Å². The first-order valence-electron chi connectivity index (χ1n) is 4.89. The monoisotopic (exact) mass is 163 g/mol. The number of hydrogen-bond donors (Lipinski definition) is 0. The Kier molecular flexibility index (Phi) is 3.87. The van der Waals surface area contributed by atoms with Crippen LogP contribution in [0.15, 0.2) is 11.1 Å². The van der Waals surface area contributed by atoms with Crippen molar-refractivity contribution < 1.29 is 0 Å². The van der Waals surface area contributed by atoms with Crippen molar-refractivity contribution in [3.05, 3.63) is 11.1 Å². The molecule has 0 spiro atoms. The highest BCUT2D eigenvalue weighted by Gasteiger charge is 2.08. The normalized spacial score (nSPS) is 16.2. The van der Waals surface area contributed by atoms with E-state index in [1.54, 1.807) is 11.1 Å². The maximum Gasteiger partial charge on any atom is 0.0621 e. The Balaban J connectivity index is 2.31. The molecule has 0 unspecified atom stereocenters. The van der Waals surface area contributed by atoms with Gasteiger partial charge in [-0.15, -0.1) is 0 Å². The van der Waals surface area contributed by atoms with Gasteiger partial charge in [0.05, 0.1) is 6.07 Å². The first kappa shape index (κ1) is 9.32. The minimum Gasteiger partial charge on any atom is -0.198 e. The molecule has 1 heteroatoms. The number of rotatable bonds is 3. The number of nitrogens with zero attached hydrogens (tertiary/aromatic N) is 1. The van der Waals surface area contributed by atoms with Gasteiger partial charge in [-0.25, -0.2) is 0 Å². The molecule has 0 radical (unpaired) electrons. The van der Waals surface area contributed by atoms with Crippen LogP contribution in [-0.2, 0) is 0 Å². The lowest BCUT2D eigenvalue weighted by Crippen LogP contribution is -1.84. The number of nitriles is 1. The van der Waals surface area contributed by atoms with Crippen molar-refractivity contribution >= 4 is 0 Å². The predicted molar refractivity (Wildman–Crippen MR) is 50.6 cm³/mol. The van der Waals surface area contributed by atoms with E-state index in [2.05, 4.69) is 13.0 Å². The quantitative estimate of drug-likeness (QED) is 0.461. The third-order valence-corrected chi connectivity index (χ3v) is 2.65. The third-order valence-electron chi connectivity index (χ3n) is 2.65. The molecule has 1 saturated carbocycles. The fourth-order valence-corrected chi connectivity index (χ4v) is 1.84. The van der Waals surface area contributed by atoms with E-state index < -0.39 is 0 Å². The lowest BCUT2D eigenvalue weighted by atomic mass is 10.0. The van der Waals surface area contributed by atoms with Crippen LogP contribution in [0.4, 0.5) is 0 Å². The molecular formula is C11H17N. The minimum atomic E-state index is 0.713. The lowest BCUT2D eigenvalue weighted by molar-refractivity contribution is 0.821. The largest absolute Gasteiger partial charge is 0.198 e. The van der Waals surface area contributed by atoms with Crippen LogP contribution < -0.4 is 0 Å². The van der Waals surface area contributed by atoms with Crippen LogP contribution >= 0.6 is 0 Å². The lowest BCUT2D eigenvalue weighted by Gasteiger charge is -2.03.